The van der Waals surface area contributed by atoms with Crippen molar-refractivity contribution >= 4 is 12.6 Å². The molecule has 0 amide bonds. The van der Waals surface area contributed by atoms with Gasteiger partial charge in [0.15, 0.2) is 0 Å². The smallest absolute Gasteiger partial charge is 0.0308 e. The van der Waals surface area contributed by atoms with Crippen LogP contribution in [0.3, 0.4) is 0 Å². The third kappa shape index (κ3) is 5.24. The van der Waals surface area contributed by atoms with Crippen LogP contribution >= 0.6 is 12.6 Å². The quantitative estimate of drug-likeness (QED) is 0.445. The molecule has 0 fully saturated rings. The minimum atomic E-state index is 0.656. The Balaban J connectivity index is 3.98. The first-order chi connectivity index (χ1) is 4.16. The van der Waals surface area contributed by atoms with Gasteiger partial charge >= 0.3 is 0 Å². The summed E-state index contributed by atoms with van der Waals surface area (Å²) in [6.07, 6.45) is 5.17. The normalized spacial score (nSPS) is 13.6. The van der Waals surface area contributed by atoms with Crippen molar-refractivity contribution in [2.75, 3.05) is 0 Å². The van der Waals surface area contributed by atoms with E-state index in [0.717, 1.165) is 4.91 Å². The van der Waals surface area contributed by atoms with Crippen LogP contribution in [0.15, 0.2) is 35.4 Å². The van der Waals surface area contributed by atoms with Crippen molar-refractivity contribution in [2.24, 2.45) is 5.73 Å². The molecule has 0 unspecified atom stereocenters. The number of hydrogen-bond acceptors (Lipinski definition) is 2. The highest BCUT2D eigenvalue weighted by Crippen LogP contribution is 1.97. The van der Waals surface area contributed by atoms with Crippen LogP contribution in [-0.4, -0.2) is 0 Å². The van der Waals surface area contributed by atoms with E-state index in [1.807, 2.05) is 13.0 Å². The summed E-state index contributed by atoms with van der Waals surface area (Å²) < 4.78 is 0. The predicted octanol–water partition coefficient (Wildman–Crippen LogP) is 1.85. The molecular weight excluding hydrogens is 130 g/mol. The van der Waals surface area contributed by atoms with Gasteiger partial charge in [-0.1, -0.05) is 12.7 Å². The van der Waals surface area contributed by atoms with Gasteiger partial charge in [-0.15, -0.1) is 12.6 Å². The molecule has 0 aliphatic carbocycles. The Bertz CT molecular complexity index is 152. The average Bonchev–Trinajstić information content (AvgIpc) is 1.83. The molecule has 0 heterocycles. The Morgan fingerprint density at radius 3 is 2.44 bits per heavy atom. The Labute approximate surface area is 61.4 Å². The summed E-state index contributed by atoms with van der Waals surface area (Å²) in [4.78, 5) is 0.930. The third-order valence-corrected chi connectivity index (χ3v) is 0.902. The molecule has 0 saturated heterocycles. The summed E-state index contributed by atoms with van der Waals surface area (Å²) in [5.74, 6) is 0. The zero-order chi connectivity index (χ0) is 7.28. The summed E-state index contributed by atoms with van der Waals surface area (Å²) >= 11 is 4.04. The largest absolute Gasteiger partial charge is 0.399 e. The fourth-order valence-corrected chi connectivity index (χ4v) is 0.359. The van der Waals surface area contributed by atoms with E-state index in [-0.39, 0.29) is 0 Å². The van der Waals surface area contributed by atoms with Crippen molar-refractivity contribution in [2.45, 2.75) is 6.92 Å². The van der Waals surface area contributed by atoms with E-state index in [4.69, 9.17) is 5.73 Å². The Morgan fingerprint density at radius 2 is 2.11 bits per heavy atom. The third-order valence-electron chi connectivity index (χ3n) is 0.753. The van der Waals surface area contributed by atoms with Crippen molar-refractivity contribution < 1.29 is 0 Å². The van der Waals surface area contributed by atoms with Gasteiger partial charge in [-0.3, -0.25) is 0 Å². The first kappa shape index (κ1) is 8.37. The molecule has 0 aromatic rings. The second kappa shape index (κ2) is 4.27. The van der Waals surface area contributed by atoms with Crippen molar-refractivity contribution in [1.82, 2.24) is 0 Å². The first-order valence-corrected chi connectivity index (χ1v) is 3.07. The molecule has 0 aromatic carbocycles. The van der Waals surface area contributed by atoms with Crippen LogP contribution in [0.5, 0.6) is 0 Å². The molecule has 2 heteroatoms. The summed E-state index contributed by atoms with van der Waals surface area (Å²) in [5, 5.41) is 0. The Hall–Kier alpha value is -0.630. The van der Waals surface area contributed by atoms with Gasteiger partial charge in [0, 0.05) is 5.70 Å². The second-order valence-corrected chi connectivity index (χ2v) is 2.38. The van der Waals surface area contributed by atoms with Gasteiger partial charge in [-0.2, -0.15) is 0 Å². The lowest BCUT2D eigenvalue weighted by Gasteiger charge is -1.86. The number of rotatable bonds is 2. The van der Waals surface area contributed by atoms with Crippen LogP contribution in [0.4, 0.5) is 0 Å². The molecule has 0 aliphatic heterocycles. The Morgan fingerprint density at radius 1 is 1.56 bits per heavy atom. The lowest BCUT2D eigenvalue weighted by Crippen LogP contribution is -1.89. The highest BCUT2D eigenvalue weighted by atomic mass is 32.1. The van der Waals surface area contributed by atoms with Gasteiger partial charge < -0.3 is 5.73 Å². The lowest BCUT2D eigenvalue weighted by molar-refractivity contribution is 1.43. The standard InChI is InChI=1S/C7H11NS/c1-3-7(8)5-4-6(2)9/h3-5,9H,1,8H2,2H3/b6-4+,7-5+. The molecule has 0 radical (unpaired) electrons. The average molecular weight is 141 g/mol. The van der Waals surface area contributed by atoms with E-state index in [0.29, 0.717) is 5.70 Å². The van der Waals surface area contributed by atoms with Gasteiger partial charge in [0.25, 0.3) is 0 Å². The molecular formula is C7H11NS. The molecule has 0 bridgehead atoms. The number of allylic oxidation sites excluding steroid dienone is 4. The second-order valence-electron chi connectivity index (χ2n) is 1.68. The minimum absolute atomic E-state index is 0.656. The molecule has 9 heavy (non-hydrogen) atoms. The van der Waals surface area contributed by atoms with E-state index < -0.39 is 0 Å². The minimum Gasteiger partial charge on any atom is -0.399 e. The zero-order valence-electron chi connectivity index (χ0n) is 5.46. The molecule has 0 aliphatic rings. The number of hydrogen-bond donors (Lipinski definition) is 2. The van der Waals surface area contributed by atoms with E-state index in [9.17, 15) is 0 Å². The molecule has 0 saturated carbocycles. The monoisotopic (exact) mass is 141 g/mol. The van der Waals surface area contributed by atoms with Crippen molar-refractivity contribution in [3.05, 3.63) is 35.4 Å². The topological polar surface area (TPSA) is 26.0 Å². The first-order valence-electron chi connectivity index (χ1n) is 2.62. The summed E-state index contributed by atoms with van der Waals surface area (Å²) in [6.45, 7) is 5.38. The SMILES string of the molecule is C=C/C(N)=C\C=C(/C)S. The maximum Gasteiger partial charge on any atom is 0.0308 e. The van der Waals surface area contributed by atoms with E-state index in [1.165, 1.54) is 0 Å². The highest BCUT2D eigenvalue weighted by molar-refractivity contribution is 7.84. The van der Waals surface area contributed by atoms with Crippen molar-refractivity contribution in [1.29, 1.82) is 0 Å². The molecule has 0 atom stereocenters. The van der Waals surface area contributed by atoms with E-state index in [2.05, 4.69) is 19.2 Å². The van der Waals surface area contributed by atoms with Crippen LogP contribution in [0, 0.1) is 0 Å². The van der Waals surface area contributed by atoms with E-state index >= 15 is 0 Å². The fraction of sp³-hybridized carbons (Fsp3) is 0.143. The molecule has 0 rings (SSSR count). The van der Waals surface area contributed by atoms with E-state index in [1.54, 1.807) is 12.2 Å². The maximum absolute atomic E-state index is 5.39. The van der Waals surface area contributed by atoms with Crippen molar-refractivity contribution in [3.8, 4) is 0 Å². The van der Waals surface area contributed by atoms with Crippen LogP contribution in [0.1, 0.15) is 6.92 Å². The summed E-state index contributed by atoms with van der Waals surface area (Å²) in [7, 11) is 0. The number of nitrogens with two attached hydrogens (primary N) is 1. The molecule has 2 N–H and O–H groups in total. The molecule has 0 spiro atoms. The predicted molar refractivity (Wildman–Crippen MR) is 45.2 cm³/mol. The highest BCUT2D eigenvalue weighted by Gasteiger charge is 1.75. The zero-order valence-corrected chi connectivity index (χ0v) is 6.36. The van der Waals surface area contributed by atoms with Gasteiger partial charge in [0.1, 0.15) is 0 Å². The maximum atomic E-state index is 5.39. The molecule has 0 aromatic heterocycles. The lowest BCUT2D eigenvalue weighted by atomic mass is 10.4. The van der Waals surface area contributed by atoms with Gasteiger partial charge in [0.2, 0.25) is 0 Å². The van der Waals surface area contributed by atoms with Gasteiger partial charge in [-0.25, -0.2) is 0 Å². The van der Waals surface area contributed by atoms with Gasteiger partial charge in [-0.05, 0) is 24.0 Å². The van der Waals surface area contributed by atoms with Crippen LogP contribution < -0.4 is 5.73 Å². The van der Waals surface area contributed by atoms with Crippen LogP contribution in [-0.2, 0) is 0 Å². The molecule has 1 nitrogen and oxygen atoms in total. The fourth-order valence-electron chi connectivity index (χ4n) is 0.285. The van der Waals surface area contributed by atoms with Gasteiger partial charge in [0.05, 0.1) is 0 Å². The summed E-state index contributed by atoms with van der Waals surface area (Å²) in [6, 6.07) is 0. The molecule has 50 valence electrons. The van der Waals surface area contributed by atoms with Crippen LogP contribution in [0.2, 0.25) is 0 Å². The number of thiol groups is 1. The Kier molecular flexibility index (Phi) is 3.97. The van der Waals surface area contributed by atoms with Crippen LogP contribution in [0.25, 0.3) is 0 Å². The summed E-state index contributed by atoms with van der Waals surface area (Å²) in [5.41, 5.74) is 6.04. The van der Waals surface area contributed by atoms with Crippen molar-refractivity contribution in [3.63, 3.8) is 0 Å².